The first-order valence-corrected chi connectivity index (χ1v) is 11.4. The van der Waals surface area contributed by atoms with Crippen LogP contribution in [0.4, 0.5) is 0 Å². The lowest BCUT2D eigenvalue weighted by atomic mass is 10.0. The molecule has 2 aromatic rings. The van der Waals surface area contributed by atoms with Gasteiger partial charge in [-0.05, 0) is 48.2 Å². The van der Waals surface area contributed by atoms with Crippen molar-refractivity contribution in [2.45, 2.75) is 39.3 Å². The average Bonchev–Trinajstić information content (AvgIpc) is 3.23. The molecule has 2 aliphatic rings. The van der Waals surface area contributed by atoms with E-state index in [9.17, 15) is 4.79 Å². The van der Waals surface area contributed by atoms with Crippen LogP contribution in [0.15, 0.2) is 42.5 Å². The average molecular weight is 410 g/mol. The summed E-state index contributed by atoms with van der Waals surface area (Å²) in [5.41, 5.74) is 5.25. The van der Waals surface area contributed by atoms with Crippen LogP contribution in [0.25, 0.3) is 0 Å². The molecule has 0 saturated carbocycles. The number of piperazine rings is 1. The fraction of sp³-hybridized carbons (Fsp3) is 0.480. The lowest BCUT2D eigenvalue weighted by Gasteiger charge is -2.29. The van der Waals surface area contributed by atoms with E-state index >= 15 is 0 Å². The SMILES string of the molecule is CCc1ccc([C@H](C)NC(=O)C[NH+]2CC[NH+](Cc3ccc4c(c3)CCO4)CC2)cc1. The number of ether oxygens (including phenoxy) is 1. The summed E-state index contributed by atoms with van der Waals surface area (Å²) < 4.78 is 5.61. The van der Waals surface area contributed by atoms with Crippen molar-refractivity contribution in [3.8, 4) is 5.75 Å². The molecule has 0 aromatic heterocycles. The Morgan fingerprint density at radius 2 is 1.73 bits per heavy atom. The van der Waals surface area contributed by atoms with Crippen molar-refractivity contribution in [3.63, 3.8) is 0 Å². The summed E-state index contributed by atoms with van der Waals surface area (Å²) in [7, 11) is 0. The number of hydrogen-bond donors (Lipinski definition) is 3. The third-order valence-electron chi connectivity index (χ3n) is 6.55. The number of fused-ring (bicyclic) bond motifs is 1. The van der Waals surface area contributed by atoms with Crippen LogP contribution in [0.1, 0.15) is 42.1 Å². The van der Waals surface area contributed by atoms with Crippen LogP contribution in [0.2, 0.25) is 0 Å². The van der Waals surface area contributed by atoms with Gasteiger partial charge in [0.05, 0.1) is 12.6 Å². The number of amides is 1. The zero-order valence-corrected chi connectivity index (χ0v) is 18.3. The van der Waals surface area contributed by atoms with E-state index in [1.165, 1.54) is 27.2 Å². The van der Waals surface area contributed by atoms with Crippen molar-refractivity contribution >= 4 is 5.91 Å². The van der Waals surface area contributed by atoms with E-state index in [4.69, 9.17) is 4.74 Å². The Hall–Kier alpha value is -2.37. The van der Waals surface area contributed by atoms with Crippen molar-refractivity contribution in [2.75, 3.05) is 39.3 Å². The molecule has 4 rings (SSSR count). The molecule has 1 fully saturated rings. The van der Waals surface area contributed by atoms with Crippen LogP contribution in [-0.2, 0) is 24.2 Å². The second-order valence-electron chi connectivity index (χ2n) is 8.78. The van der Waals surface area contributed by atoms with Gasteiger partial charge < -0.3 is 19.9 Å². The monoisotopic (exact) mass is 409 g/mol. The van der Waals surface area contributed by atoms with Crippen molar-refractivity contribution in [3.05, 3.63) is 64.7 Å². The van der Waals surface area contributed by atoms with Gasteiger partial charge >= 0.3 is 0 Å². The van der Waals surface area contributed by atoms with E-state index in [1.54, 1.807) is 4.90 Å². The molecule has 5 heteroatoms. The van der Waals surface area contributed by atoms with E-state index < -0.39 is 0 Å². The second-order valence-corrected chi connectivity index (χ2v) is 8.78. The summed E-state index contributed by atoms with van der Waals surface area (Å²) in [6.07, 6.45) is 2.08. The smallest absolute Gasteiger partial charge is 0.275 e. The Morgan fingerprint density at radius 3 is 2.47 bits per heavy atom. The van der Waals surface area contributed by atoms with Gasteiger partial charge in [0.1, 0.15) is 38.5 Å². The quantitative estimate of drug-likeness (QED) is 0.618. The van der Waals surface area contributed by atoms with Crippen molar-refractivity contribution in [2.24, 2.45) is 0 Å². The number of quaternary nitrogens is 2. The molecule has 30 heavy (non-hydrogen) atoms. The maximum absolute atomic E-state index is 12.5. The highest BCUT2D eigenvalue weighted by Gasteiger charge is 2.26. The van der Waals surface area contributed by atoms with Crippen LogP contribution in [0, 0.1) is 0 Å². The molecule has 160 valence electrons. The van der Waals surface area contributed by atoms with Gasteiger partial charge in [-0.2, -0.15) is 0 Å². The fourth-order valence-electron chi connectivity index (χ4n) is 4.59. The standard InChI is InChI=1S/C25H33N3O2/c1-3-20-4-7-22(8-5-20)19(2)26-25(29)18-28-13-11-27(12-14-28)17-21-6-9-24-23(16-21)10-15-30-24/h4-9,16,19H,3,10-15,17-18H2,1-2H3,(H,26,29)/p+2/t19-/m0/s1. The Kier molecular flexibility index (Phi) is 6.70. The number of carbonyl (C=O) groups excluding carboxylic acids is 1. The topological polar surface area (TPSA) is 47.2 Å². The molecular weight excluding hydrogens is 374 g/mol. The maximum Gasteiger partial charge on any atom is 0.275 e. The summed E-state index contributed by atoms with van der Waals surface area (Å²) >= 11 is 0. The molecule has 2 aromatic carbocycles. The van der Waals surface area contributed by atoms with E-state index in [0.29, 0.717) is 6.54 Å². The summed E-state index contributed by atoms with van der Waals surface area (Å²) in [4.78, 5) is 15.6. The highest BCUT2D eigenvalue weighted by Crippen LogP contribution is 2.25. The third kappa shape index (κ3) is 5.21. The molecule has 0 spiro atoms. The van der Waals surface area contributed by atoms with Crippen LogP contribution in [0.3, 0.4) is 0 Å². The zero-order chi connectivity index (χ0) is 20.9. The minimum absolute atomic E-state index is 0.0542. The fourth-order valence-corrected chi connectivity index (χ4v) is 4.59. The van der Waals surface area contributed by atoms with Crippen LogP contribution >= 0.6 is 0 Å². The van der Waals surface area contributed by atoms with Gasteiger partial charge in [0, 0.05) is 12.0 Å². The first kappa shape index (κ1) is 20.9. The van der Waals surface area contributed by atoms with Crippen molar-refractivity contribution < 1.29 is 19.3 Å². The van der Waals surface area contributed by atoms with Gasteiger partial charge in [-0.15, -0.1) is 0 Å². The molecular formula is C25H35N3O2+2. The summed E-state index contributed by atoms with van der Waals surface area (Å²) in [6.45, 7) is 11.0. The highest BCUT2D eigenvalue weighted by molar-refractivity contribution is 5.77. The molecule has 5 nitrogen and oxygen atoms in total. The van der Waals surface area contributed by atoms with E-state index in [1.807, 2.05) is 0 Å². The zero-order valence-electron chi connectivity index (χ0n) is 18.3. The molecule has 1 atom stereocenters. The minimum atomic E-state index is 0.0542. The van der Waals surface area contributed by atoms with Gasteiger partial charge in [0.25, 0.3) is 5.91 Å². The normalized spacial score (nSPS) is 21.5. The third-order valence-corrected chi connectivity index (χ3v) is 6.55. The minimum Gasteiger partial charge on any atom is -0.493 e. The summed E-state index contributed by atoms with van der Waals surface area (Å²) in [5.74, 6) is 1.21. The number of carbonyl (C=O) groups is 1. The summed E-state index contributed by atoms with van der Waals surface area (Å²) in [5, 5.41) is 3.18. The molecule has 0 unspecified atom stereocenters. The maximum atomic E-state index is 12.5. The molecule has 1 saturated heterocycles. The molecule has 0 radical (unpaired) electrons. The van der Waals surface area contributed by atoms with Gasteiger partial charge in [-0.3, -0.25) is 4.79 Å². The highest BCUT2D eigenvalue weighted by atomic mass is 16.5. The van der Waals surface area contributed by atoms with Crippen LogP contribution in [0.5, 0.6) is 5.75 Å². The number of aryl methyl sites for hydroxylation is 1. The molecule has 2 aliphatic heterocycles. The van der Waals surface area contributed by atoms with Crippen LogP contribution in [-0.4, -0.2) is 45.2 Å². The molecule has 0 bridgehead atoms. The van der Waals surface area contributed by atoms with Crippen LogP contribution < -0.4 is 19.9 Å². The Labute approximate surface area is 180 Å². The molecule has 2 heterocycles. The number of hydrogen-bond acceptors (Lipinski definition) is 2. The van der Waals surface area contributed by atoms with E-state index in [0.717, 1.165) is 57.9 Å². The Balaban J connectivity index is 1.20. The Morgan fingerprint density at radius 1 is 1.03 bits per heavy atom. The molecule has 0 aliphatic carbocycles. The first-order chi connectivity index (χ1) is 14.6. The molecule has 1 amide bonds. The lowest BCUT2D eigenvalue weighted by Crippen LogP contribution is -3.28. The predicted octanol–water partition coefficient (Wildman–Crippen LogP) is 0.345. The van der Waals surface area contributed by atoms with Gasteiger partial charge in [0.15, 0.2) is 6.54 Å². The largest absolute Gasteiger partial charge is 0.493 e. The lowest BCUT2D eigenvalue weighted by molar-refractivity contribution is -1.02. The number of rotatable bonds is 7. The predicted molar refractivity (Wildman–Crippen MR) is 118 cm³/mol. The first-order valence-electron chi connectivity index (χ1n) is 11.4. The van der Waals surface area contributed by atoms with E-state index in [2.05, 4.69) is 61.6 Å². The molecule has 3 N–H and O–H groups in total. The number of nitrogens with one attached hydrogen (secondary N) is 3. The van der Waals surface area contributed by atoms with Gasteiger partial charge in [-0.25, -0.2) is 0 Å². The second kappa shape index (κ2) is 9.63. The van der Waals surface area contributed by atoms with Gasteiger partial charge in [-0.1, -0.05) is 31.2 Å². The Bertz CT molecular complexity index is 857. The number of benzene rings is 2. The van der Waals surface area contributed by atoms with Crippen molar-refractivity contribution in [1.29, 1.82) is 0 Å². The van der Waals surface area contributed by atoms with Gasteiger partial charge in [0.2, 0.25) is 0 Å². The van der Waals surface area contributed by atoms with E-state index in [-0.39, 0.29) is 11.9 Å². The summed E-state index contributed by atoms with van der Waals surface area (Å²) in [6, 6.07) is 15.3. The van der Waals surface area contributed by atoms with Crippen molar-refractivity contribution in [1.82, 2.24) is 5.32 Å².